The molecule has 1 aromatic heterocycles. The number of hydrogen-bond donors (Lipinski definition) is 2. The molecule has 1 heterocycles. The normalized spacial score (nSPS) is 17.3. The van der Waals surface area contributed by atoms with Crippen LogP contribution in [0, 0.1) is 0 Å². The summed E-state index contributed by atoms with van der Waals surface area (Å²) in [7, 11) is -1.80. The van der Waals surface area contributed by atoms with Gasteiger partial charge in [0.2, 0.25) is 5.09 Å². The Morgan fingerprint density at radius 3 is 2.81 bits per heavy atom. The maximum Gasteiger partial charge on any atom is 0.273 e. The summed E-state index contributed by atoms with van der Waals surface area (Å²) in [5.41, 5.74) is 2.53. The van der Waals surface area contributed by atoms with Crippen LogP contribution < -0.4 is 10.0 Å². The molecule has 112 valence electrons. The largest absolute Gasteiger partial charge is 0.447 e. The average Bonchev–Trinajstić information content (AvgIpc) is 2.90. The first-order chi connectivity index (χ1) is 10.1. The van der Waals surface area contributed by atoms with E-state index in [9.17, 15) is 8.42 Å². The van der Waals surface area contributed by atoms with Gasteiger partial charge in [0.1, 0.15) is 5.76 Å². The van der Waals surface area contributed by atoms with E-state index in [2.05, 4.69) is 22.2 Å². The minimum atomic E-state index is -3.58. The van der Waals surface area contributed by atoms with Crippen molar-refractivity contribution in [2.45, 2.75) is 24.0 Å². The van der Waals surface area contributed by atoms with Crippen molar-refractivity contribution in [2.75, 3.05) is 13.6 Å². The molecule has 21 heavy (non-hydrogen) atoms. The molecule has 3 rings (SSSR count). The molecule has 1 aliphatic carbocycles. The minimum Gasteiger partial charge on any atom is -0.447 e. The molecule has 0 radical (unpaired) electrons. The van der Waals surface area contributed by atoms with Crippen LogP contribution in [0.15, 0.2) is 45.9 Å². The summed E-state index contributed by atoms with van der Waals surface area (Å²) in [6.45, 7) is 0.910. The highest BCUT2D eigenvalue weighted by atomic mass is 32.2. The molecule has 1 atom stereocenters. The zero-order valence-electron chi connectivity index (χ0n) is 11.8. The molecule has 5 nitrogen and oxygen atoms in total. The maximum absolute atomic E-state index is 12.2. The van der Waals surface area contributed by atoms with Crippen molar-refractivity contribution in [2.24, 2.45) is 0 Å². The van der Waals surface area contributed by atoms with Crippen LogP contribution >= 0.6 is 0 Å². The fraction of sp³-hybridized carbons (Fsp3) is 0.333. The van der Waals surface area contributed by atoms with Crippen molar-refractivity contribution < 1.29 is 12.8 Å². The van der Waals surface area contributed by atoms with Gasteiger partial charge in [-0.15, -0.1) is 0 Å². The molecule has 2 aromatic rings. The van der Waals surface area contributed by atoms with E-state index in [1.807, 2.05) is 12.1 Å². The van der Waals surface area contributed by atoms with Crippen LogP contribution in [0.2, 0.25) is 0 Å². The number of rotatable bonds is 6. The zero-order chi connectivity index (χ0) is 14.9. The topological polar surface area (TPSA) is 71.3 Å². The second-order valence-corrected chi connectivity index (χ2v) is 6.90. The van der Waals surface area contributed by atoms with E-state index in [1.165, 1.54) is 17.2 Å². The molecule has 1 aromatic carbocycles. The number of benzene rings is 1. The predicted octanol–water partition coefficient (Wildman–Crippen LogP) is 1.62. The fourth-order valence-electron chi connectivity index (χ4n) is 2.60. The van der Waals surface area contributed by atoms with Crippen molar-refractivity contribution in [3.8, 4) is 0 Å². The summed E-state index contributed by atoms with van der Waals surface area (Å²) in [6.07, 6.45) is 0.919. The smallest absolute Gasteiger partial charge is 0.273 e. The highest BCUT2D eigenvalue weighted by molar-refractivity contribution is 7.89. The van der Waals surface area contributed by atoms with Crippen LogP contribution in [-0.4, -0.2) is 22.0 Å². The van der Waals surface area contributed by atoms with E-state index in [0.29, 0.717) is 18.8 Å². The second kappa shape index (κ2) is 5.63. The number of hydrogen-bond acceptors (Lipinski definition) is 4. The van der Waals surface area contributed by atoms with Gasteiger partial charge in [-0.1, -0.05) is 24.3 Å². The van der Waals surface area contributed by atoms with Crippen molar-refractivity contribution in [3.05, 3.63) is 53.3 Å². The second-order valence-electron chi connectivity index (χ2n) is 5.20. The Kier molecular flexibility index (Phi) is 3.84. The quantitative estimate of drug-likeness (QED) is 0.851. The molecule has 2 N–H and O–H groups in total. The third-order valence-corrected chi connectivity index (χ3v) is 5.03. The molecule has 0 fully saturated rings. The molecule has 0 aliphatic heterocycles. The van der Waals surface area contributed by atoms with E-state index >= 15 is 0 Å². The first kappa shape index (κ1) is 14.3. The van der Waals surface area contributed by atoms with Crippen LogP contribution in [0.4, 0.5) is 0 Å². The molecular formula is C15H18N2O3S. The van der Waals surface area contributed by atoms with E-state index in [4.69, 9.17) is 4.42 Å². The lowest BCUT2D eigenvalue weighted by Gasteiger charge is -2.29. The summed E-state index contributed by atoms with van der Waals surface area (Å²) in [5.74, 6) is 0.856. The van der Waals surface area contributed by atoms with Crippen molar-refractivity contribution in [1.82, 2.24) is 10.0 Å². The van der Waals surface area contributed by atoms with Crippen LogP contribution in [0.1, 0.15) is 22.8 Å². The molecule has 0 amide bonds. The predicted molar refractivity (Wildman–Crippen MR) is 79.5 cm³/mol. The molecule has 0 saturated heterocycles. The minimum absolute atomic E-state index is 0.0274. The molecular weight excluding hydrogens is 288 g/mol. The Morgan fingerprint density at radius 1 is 1.24 bits per heavy atom. The lowest BCUT2D eigenvalue weighted by atomic mass is 9.78. The van der Waals surface area contributed by atoms with Crippen LogP contribution in [0.25, 0.3) is 0 Å². The summed E-state index contributed by atoms with van der Waals surface area (Å²) in [6, 6.07) is 11.3. The first-order valence-corrected chi connectivity index (χ1v) is 8.39. The van der Waals surface area contributed by atoms with Gasteiger partial charge in [0, 0.05) is 12.5 Å². The van der Waals surface area contributed by atoms with Crippen molar-refractivity contribution >= 4 is 10.0 Å². The highest BCUT2D eigenvalue weighted by Crippen LogP contribution is 2.34. The lowest BCUT2D eigenvalue weighted by Crippen LogP contribution is -2.33. The number of furan rings is 1. The van der Waals surface area contributed by atoms with Gasteiger partial charge < -0.3 is 9.73 Å². The monoisotopic (exact) mass is 306 g/mol. The number of sulfonamides is 1. The Bertz CT molecular complexity index is 737. The molecule has 0 spiro atoms. The summed E-state index contributed by atoms with van der Waals surface area (Å²) in [5, 5.41) is 2.89. The highest BCUT2D eigenvalue weighted by Gasteiger charge is 2.28. The molecule has 0 bridgehead atoms. The van der Waals surface area contributed by atoms with Gasteiger partial charge in [-0.3, -0.25) is 0 Å². The Morgan fingerprint density at radius 2 is 2.05 bits per heavy atom. The SMILES string of the molecule is CNCc1ccc(S(=O)(=O)NCC2Cc3ccccc32)o1. The number of nitrogens with one attached hydrogen (secondary N) is 2. The van der Waals surface area contributed by atoms with Crippen molar-refractivity contribution in [3.63, 3.8) is 0 Å². The van der Waals surface area contributed by atoms with Crippen LogP contribution in [0.3, 0.4) is 0 Å². The van der Waals surface area contributed by atoms with E-state index < -0.39 is 10.0 Å². The maximum atomic E-state index is 12.2. The van der Waals surface area contributed by atoms with Crippen molar-refractivity contribution in [1.29, 1.82) is 0 Å². The Hall–Kier alpha value is -1.63. The molecule has 6 heteroatoms. The summed E-state index contributed by atoms with van der Waals surface area (Å²) < 4.78 is 32.3. The molecule has 1 unspecified atom stereocenters. The summed E-state index contributed by atoms with van der Waals surface area (Å²) >= 11 is 0. The Labute approximate surface area is 124 Å². The lowest BCUT2D eigenvalue weighted by molar-refractivity contribution is 0.403. The van der Waals surface area contributed by atoms with E-state index in [1.54, 1.807) is 13.1 Å². The molecule has 0 saturated carbocycles. The third-order valence-electron chi connectivity index (χ3n) is 3.73. The van der Waals surface area contributed by atoms with Gasteiger partial charge in [-0.2, -0.15) is 0 Å². The first-order valence-electron chi connectivity index (χ1n) is 6.91. The third kappa shape index (κ3) is 2.88. The van der Waals surface area contributed by atoms with Gasteiger partial charge >= 0.3 is 0 Å². The van der Waals surface area contributed by atoms with Gasteiger partial charge in [0.25, 0.3) is 10.0 Å². The summed E-state index contributed by atoms with van der Waals surface area (Å²) in [4.78, 5) is 0. The van der Waals surface area contributed by atoms with Crippen LogP contribution in [0.5, 0.6) is 0 Å². The number of fused-ring (bicyclic) bond motifs is 1. The zero-order valence-corrected chi connectivity index (χ0v) is 12.6. The van der Waals surface area contributed by atoms with Crippen LogP contribution in [-0.2, 0) is 23.0 Å². The van der Waals surface area contributed by atoms with Gasteiger partial charge in [-0.05, 0) is 36.7 Å². The van der Waals surface area contributed by atoms with Gasteiger partial charge in [0.05, 0.1) is 6.54 Å². The van der Waals surface area contributed by atoms with E-state index in [0.717, 1.165) is 6.42 Å². The fourth-order valence-corrected chi connectivity index (χ4v) is 3.62. The molecule has 1 aliphatic rings. The van der Waals surface area contributed by atoms with Gasteiger partial charge in [-0.25, -0.2) is 13.1 Å². The van der Waals surface area contributed by atoms with Gasteiger partial charge in [0.15, 0.2) is 0 Å². The standard InChI is InChI=1S/C15H18N2O3S/c1-16-10-13-6-7-15(20-13)21(18,19)17-9-12-8-11-4-2-3-5-14(11)12/h2-7,12,16-17H,8-10H2,1H3. The van der Waals surface area contributed by atoms with E-state index in [-0.39, 0.29) is 11.0 Å². The average molecular weight is 306 g/mol. The Balaban J connectivity index is 1.64.